The van der Waals surface area contributed by atoms with Crippen LogP contribution in [0.3, 0.4) is 0 Å². The van der Waals surface area contributed by atoms with Crippen LogP contribution in [-0.4, -0.2) is 46.1 Å². The quantitative estimate of drug-likeness (QED) is 0.879. The Labute approximate surface area is 120 Å². The third kappa shape index (κ3) is 3.72. The van der Waals surface area contributed by atoms with Crippen LogP contribution in [0.25, 0.3) is 0 Å². The molecule has 1 aliphatic heterocycles. The molecular weight excluding hydrogens is 287 g/mol. The van der Waals surface area contributed by atoms with Crippen molar-refractivity contribution in [2.75, 3.05) is 20.1 Å². The van der Waals surface area contributed by atoms with E-state index in [0.717, 1.165) is 25.9 Å². The van der Waals surface area contributed by atoms with Gasteiger partial charge >= 0.3 is 6.18 Å². The lowest BCUT2D eigenvalue weighted by molar-refractivity contribution is -0.144. The van der Waals surface area contributed by atoms with Crippen molar-refractivity contribution in [1.82, 2.24) is 25.4 Å². The lowest BCUT2D eigenvalue weighted by atomic mass is 9.79. The molecule has 6 nitrogen and oxygen atoms in total. The van der Waals surface area contributed by atoms with Crippen LogP contribution < -0.4 is 5.32 Å². The van der Waals surface area contributed by atoms with Crippen LogP contribution in [0.5, 0.6) is 0 Å². The summed E-state index contributed by atoms with van der Waals surface area (Å²) in [6, 6.07) is 0. The van der Waals surface area contributed by atoms with E-state index in [1.165, 1.54) is 0 Å². The van der Waals surface area contributed by atoms with Gasteiger partial charge in [-0.2, -0.15) is 13.2 Å². The van der Waals surface area contributed by atoms with Crippen molar-refractivity contribution < 1.29 is 18.0 Å². The Hall–Kier alpha value is -1.64. The first-order valence-electron chi connectivity index (χ1n) is 6.66. The highest BCUT2D eigenvalue weighted by Gasteiger charge is 2.37. The number of likely N-dealkylation sites (tertiary alicyclic amines) is 1. The standard InChI is InChI=1S/C12H18F3N5O/c1-11(3-5-20(2)6-4-11)10(21)16-7-8-17-9(19-18-8)12(13,14)15/h3-7H2,1-2H3,(H,16,21)(H,17,18,19). The van der Waals surface area contributed by atoms with E-state index in [1.54, 1.807) is 0 Å². The molecule has 21 heavy (non-hydrogen) atoms. The third-order valence-corrected chi connectivity index (χ3v) is 3.84. The van der Waals surface area contributed by atoms with E-state index < -0.39 is 17.4 Å². The number of rotatable bonds is 3. The zero-order valence-corrected chi connectivity index (χ0v) is 11.9. The molecule has 1 aliphatic rings. The number of aromatic amines is 1. The third-order valence-electron chi connectivity index (χ3n) is 3.84. The largest absolute Gasteiger partial charge is 0.453 e. The van der Waals surface area contributed by atoms with Crippen molar-refractivity contribution in [3.8, 4) is 0 Å². The van der Waals surface area contributed by atoms with Crippen molar-refractivity contribution in [2.24, 2.45) is 5.41 Å². The van der Waals surface area contributed by atoms with Crippen LogP contribution in [-0.2, 0) is 17.5 Å². The molecule has 9 heteroatoms. The van der Waals surface area contributed by atoms with E-state index in [4.69, 9.17) is 0 Å². The van der Waals surface area contributed by atoms with Gasteiger partial charge in [-0.25, -0.2) is 4.98 Å². The number of aromatic nitrogens is 3. The Morgan fingerprint density at radius 2 is 2.05 bits per heavy atom. The van der Waals surface area contributed by atoms with Crippen molar-refractivity contribution in [3.05, 3.63) is 11.6 Å². The van der Waals surface area contributed by atoms with Crippen molar-refractivity contribution >= 4 is 5.91 Å². The number of nitrogens with one attached hydrogen (secondary N) is 2. The van der Waals surface area contributed by atoms with Gasteiger partial charge in [-0.15, -0.1) is 5.10 Å². The van der Waals surface area contributed by atoms with Gasteiger partial charge in [0.05, 0.1) is 6.54 Å². The van der Waals surface area contributed by atoms with Gasteiger partial charge in [0.25, 0.3) is 5.82 Å². The van der Waals surface area contributed by atoms with Gasteiger partial charge in [0, 0.05) is 5.41 Å². The summed E-state index contributed by atoms with van der Waals surface area (Å²) in [5.74, 6) is -1.40. The molecule has 0 bridgehead atoms. The van der Waals surface area contributed by atoms with E-state index in [1.807, 2.05) is 14.0 Å². The number of halogens is 3. The topological polar surface area (TPSA) is 73.9 Å². The van der Waals surface area contributed by atoms with E-state index >= 15 is 0 Å². The van der Waals surface area contributed by atoms with E-state index in [-0.39, 0.29) is 18.3 Å². The second-order valence-electron chi connectivity index (χ2n) is 5.65. The maximum atomic E-state index is 12.4. The molecule has 1 fully saturated rings. The molecule has 2 rings (SSSR count). The number of alkyl halides is 3. The molecule has 1 amide bonds. The minimum absolute atomic E-state index is 0.00722. The fourth-order valence-electron chi connectivity index (χ4n) is 2.22. The van der Waals surface area contributed by atoms with Gasteiger partial charge in [-0.1, -0.05) is 6.92 Å². The Morgan fingerprint density at radius 1 is 1.43 bits per heavy atom. The number of H-pyrrole nitrogens is 1. The molecule has 0 radical (unpaired) electrons. The normalized spacial score (nSPS) is 19.5. The Morgan fingerprint density at radius 3 is 2.57 bits per heavy atom. The SMILES string of the molecule is CN1CCC(C)(C(=O)NCc2nc(C(F)(F)F)n[nH]2)CC1. The summed E-state index contributed by atoms with van der Waals surface area (Å²) in [5, 5.41) is 7.90. The minimum atomic E-state index is -4.58. The average molecular weight is 305 g/mol. The molecule has 0 aromatic carbocycles. The van der Waals surface area contributed by atoms with Gasteiger partial charge in [0.15, 0.2) is 0 Å². The van der Waals surface area contributed by atoms with Gasteiger partial charge in [-0.05, 0) is 33.0 Å². The Balaban J connectivity index is 1.91. The van der Waals surface area contributed by atoms with Crippen molar-refractivity contribution in [2.45, 2.75) is 32.5 Å². The number of hydrogen-bond acceptors (Lipinski definition) is 4. The maximum absolute atomic E-state index is 12.4. The summed E-state index contributed by atoms with van der Waals surface area (Å²) in [4.78, 5) is 17.6. The van der Waals surface area contributed by atoms with Gasteiger partial charge in [0.2, 0.25) is 5.91 Å². The van der Waals surface area contributed by atoms with E-state index in [0.29, 0.717) is 0 Å². The molecule has 1 aromatic heterocycles. The summed E-state index contributed by atoms with van der Waals surface area (Å²) >= 11 is 0. The number of piperidine rings is 1. The Kier molecular flexibility index (Phi) is 4.22. The Bertz CT molecular complexity index is 505. The lowest BCUT2D eigenvalue weighted by Crippen LogP contribution is -2.46. The molecule has 0 aliphatic carbocycles. The molecule has 0 spiro atoms. The molecule has 2 N–H and O–H groups in total. The molecule has 0 saturated carbocycles. The first-order chi connectivity index (χ1) is 9.71. The van der Waals surface area contributed by atoms with Crippen molar-refractivity contribution in [3.63, 3.8) is 0 Å². The van der Waals surface area contributed by atoms with Crippen molar-refractivity contribution in [1.29, 1.82) is 0 Å². The molecule has 1 saturated heterocycles. The molecule has 0 unspecified atom stereocenters. The molecule has 2 heterocycles. The monoisotopic (exact) mass is 305 g/mol. The highest BCUT2D eigenvalue weighted by atomic mass is 19.4. The number of hydrogen-bond donors (Lipinski definition) is 2. The average Bonchev–Trinajstić information content (AvgIpc) is 2.88. The number of carbonyl (C=O) groups excluding carboxylic acids is 1. The minimum Gasteiger partial charge on any atom is -0.348 e. The summed E-state index contributed by atoms with van der Waals surface area (Å²) < 4.78 is 37.1. The smallest absolute Gasteiger partial charge is 0.348 e. The van der Waals surface area contributed by atoms with Crippen LogP contribution in [0, 0.1) is 5.41 Å². The summed E-state index contributed by atoms with van der Waals surface area (Å²) in [7, 11) is 1.99. The van der Waals surface area contributed by atoms with Gasteiger partial charge < -0.3 is 10.2 Å². The zero-order valence-electron chi connectivity index (χ0n) is 11.9. The fourth-order valence-corrected chi connectivity index (χ4v) is 2.22. The van der Waals surface area contributed by atoms with Crippen LogP contribution in [0.15, 0.2) is 0 Å². The molecule has 1 aromatic rings. The number of nitrogens with zero attached hydrogens (tertiary/aromatic N) is 3. The number of amides is 1. The number of carbonyl (C=O) groups is 1. The van der Waals surface area contributed by atoms with Crippen LogP contribution in [0.4, 0.5) is 13.2 Å². The summed E-state index contributed by atoms with van der Waals surface area (Å²) in [5.41, 5.74) is -0.487. The lowest BCUT2D eigenvalue weighted by Gasteiger charge is -2.36. The molecular formula is C12H18F3N5O. The first-order valence-corrected chi connectivity index (χ1v) is 6.66. The summed E-state index contributed by atoms with van der Waals surface area (Å²) in [6.07, 6.45) is -3.14. The van der Waals surface area contributed by atoms with Gasteiger partial charge in [0.1, 0.15) is 5.82 Å². The van der Waals surface area contributed by atoms with Crippen LogP contribution in [0.1, 0.15) is 31.4 Å². The highest BCUT2D eigenvalue weighted by molar-refractivity contribution is 5.82. The second kappa shape index (κ2) is 5.63. The van der Waals surface area contributed by atoms with Gasteiger partial charge in [-0.3, -0.25) is 9.89 Å². The highest BCUT2D eigenvalue weighted by Crippen LogP contribution is 2.30. The fraction of sp³-hybridized carbons (Fsp3) is 0.750. The summed E-state index contributed by atoms with van der Waals surface area (Å²) in [6.45, 7) is 3.43. The predicted octanol–water partition coefficient (Wildman–Crippen LogP) is 1.17. The molecule has 0 atom stereocenters. The predicted molar refractivity (Wildman–Crippen MR) is 68.1 cm³/mol. The second-order valence-corrected chi connectivity index (χ2v) is 5.65. The first kappa shape index (κ1) is 15.7. The maximum Gasteiger partial charge on any atom is 0.453 e. The van der Waals surface area contributed by atoms with E-state index in [2.05, 4.69) is 25.4 Å². The molecule has 118 valence electrons. The van der Waals surface area contributed by atoms with E-state index in [9.17, 15) is 18.0 Å². The zero-order chi connectivity index (χ0) is 15.7. The van der Waals surface area contributed by atoms with Crippen LogP contribution >= 0.6 is 0 Å². The van der Waals surface area contributed by atoms with Crippen LogP contribution in [0.2, 0.25) is 0 Å².